The van der Waals surface area contributed by atoms with Crippen LogP contribution >= 0.6 is 0 Å². The summed E-state index contributed by atoms with van der Waals surface area (Å²) in [5, 5.41) is 0. The molecule has 0 aliphatic heterocycles. The Hall–Kier alpha value is -2.84. The molecule has 6 nitrogen and oxygen atoms in total. The van der Waals surface area contributed by atoms with Crippen molar-refractivity contribution in [1.82, 2.24) is 0 Å². The second-order valence-electron chi connectivity index (χ2n) is 7.75. The molecule has 31 heavy (non-hydrogen) atoms. The first-order valence-electron chi connectivity index (χ1n) is 9.70. The second-order valence-corrected chi connectivity index (χ2v) is 11.1. The van der Waals surface area contributed by atoms with Crippen LogP contribution in [0.3, 0.4) is 0 Å². The van der Waals surface area contributed by atoms with Crippen molar-refractivity contribution < 1.29 is 16.8 Å². The molecule has 0 unspecified atom stereocenters. The molecule has 8 heteroatoms. The van der Waals surface area contributed by atoms with Crippen LogP contribution in [0.15, 0.2) is 64.4 Å². The third-order valence-electron chi connectivity index (χ3n) is 5.18. The standard InChI is InChI=1S/C23H26N2O4S2/c1-15-6-11-22(19(5)12-15)24-31(28,29)21-10-8-17(3)23(14-21)25-30(26,27)20-9-7-16(2)18(4)13-20/h6-14,24-25H,1-5H3. The van der Waals surface area contributed by atoms with Crippen LogP contribution in [0.2, 0.25) is 0 Å². The van der Waals surface area contributed by atoms with Crippen molar-refractivity contribution in [3.8, 4) is 0 Å². The van der Waals surface area contributed by atoms with Gasteiger partial charge in [-0.2, -0.15) is 0 Å². The van der Waals surface area contributed by atoms with E-state index in [9.17, 15) is 16.8 Å². The molecule has 3 aromatic rings. The van der Waals surface area contributed by atoms with Gasteiger partial charge in [-0.15, -0.1) is 0 Å². The van der Waals surface area contributed by atoms with Gasteiger partial charge in [0.1, 0.15) is 0 Å². The zero-order chi connectivity index (χ0) is 23.0. The van der Waals surface area contributed by atoms with Crippen molar-refractivity contribution in [1.29, 1.82) is 0 Å². The van der Waals surface area contributed by atoms with Gasteiger partial charge in [-0.05, 0) is 87.2 Å². The number of anilines is 2. The Morgan fingerprint density at radius 2 is 1.06 bits per heavy atom. The highest BCUT2D eigenvalue weighted by atomic mass is 32.2. The quantitative estimate of drug-likeness (QED) is 0.553. The van der Waals surface area contributed by atoms with Crippen molar-refractivity contribution in [2.24, 2.45) is 0 Å². The van der Waals surface area contributed by atoms with Gasteiger partial charge in [-0.1, -0.05) is 29.8 Å². The van der Waals surface area contributed by atoms with Crippen LogP contribution in [0.5, 0.6) is 0 Å². The van der Waals surface area contributed by atoms with Gasteiger partial charge in [0.15, 0.2) is 0 Å². The number of sulfonamides is 2. The first-order chi connectivity index (χ1) is 14.4. The van der Waals surface area contributed by atoms with Gasteiger partial charge in [0.2, 0.25) is 0 Å². The predicted octanol–water partition coefficient (Wildman–Crippen LogP) is 4.83. The zero-order valence-electron chi connectivity index (χ0n) is 18.1. The summed E-state index contributed by atoms with van der Waals surface area (Å²) in [6.45, 7) is 9.21. The van der Waals surface area contributed by atoms with Crippen molar-refractivity contribution in [3.63, 3.8) is 0 Å². The number of hydrogen-bond donors (Lipinski definition) is 2. The molecule has 0 aliphatic carbocycles. The van der Waals surface area contributed by atoms with Gasteiger partial charge in [0.05, 0.1) is 21.2 Å². The Morgan fingerprint density at radius 3 is 1.65 bits per heavy atom. The normalized spacial score (nSPS) is 11.9. The maximum absolute atomic E-state index is 12.9. The van der Waals surface area contributed by atoms with E-state index in [4.69, 9.17) is 0 Å². The van der Waals surface area contributed by atoms with Crippen LogP contribution in [0.1, 0.15) is 27.8 Å². The zero-order valence-corrected chi connectivity index (χ0v) is 19.8. The first-order valence-corrected chi connectivity index (χ1v) is 12.7. The van der Waals surface area contributed by atoms with E-state index in [1.54, 1.807) is 31.2 Å². The lowest BCUT2D eigenvalue weighted by Gasteiger charge is -2.15. The van der Waals surface area contributed by atoms with Crippen molar-refractivity contribution in [2.75, 3.05) is 9.44 Å². The van der Waals surface area contributed by atoms with Crippen LogP contribution in [0.25, 0.3) is 0 Å². The van der Waals surface area contributed by atoms with E-state index < -0.39 is 20.0 Å². The summed E-state index contributed by atoms with van der Waals surface area (Å²) < 4.78 is 56.7. The minimum absolute atomic E-state index is 0.0316. The molecule has 2 N–H and O–H groups in total. The summed E-state index contributed by atoms with van der Waals surface area (Å²) in [7, 11) is -7.78. The van der Waals surface area contributed by atoms with E-state index in [2.05, 4.69) is 9.44 Å². The van der Waals surface area contributed by atoms with Crippen LogP contribution < -0.4 is 9.44 Å². The smallest absolute Gasteiger partial charge is 0.261 e. The fraction of sp³-hybridized carbons (Fsp3) is 0.217. The average molecular weight is 459 g/mol. The van der Waals surface area contributed by atoms with Gasteiger partial charge >= 0.3 is 0 Å². The highest BCUT2D eigenvalue weighted by Crippen LogP contribution is 2.26. The fourth-order valence-corrected chi connectivity index (χ4v) is 5.46. The summed E-state index contributed by atoms with van der Waals surface area (Å²) >= 11 is 0. The van der Waals surface area contributed by atoms with Gasteiger partial charge in [0.25, 0.3) is 20.0 Å². The third kappa shape index (κ3) is 5.08. The largest absolute Gasteiger partial charge is 0.279 e. The average Bonchev–Trinajstić information content (AvgIpc) is 2.67. The molecule has 0 spiro atoms. The first kappa shape index (κ1) is 22.8. The van der Waals surface area contributed by atoms with Gasteiger partial charge in [0, 0.05) is 0 Å². The molecule has 0 amide bonds. The Kier molecular flexibility index (Phi) is 6.16. The lowest BCUT2D eigenvalue weighted by Crippen LogP contribution is -2.17. The lowest BCUT2D eigenvalue weighted by atomic mass is 10.1. The molecule has 3 aromatic carbocycles. The van der Waals surface area contributed by atoms with Crippen molar-refractivity contribution in [2.45, 2.75) is 44.4 Å². The molecule has 0 aromatic heterocycles. The molecule has 0 aliphatic rings. The van der Waals surface area contributed by atoms with Crippen LogP contribution in [-0.2, 0) is 20.0 Å². The molecule has 164 valence electrons. The molecule has 0 radical (unpaired) electrons. The van der Waals surface area contributed by atoms with Gasteiger partial charge in [-0.25, -0.2) is 16.8 Å². The summed E-state index contributed by atoms with van der Waals surface area (Å²) in [6.07, 6.45) is 0. The Balaban J connectivity index is 1.94. The summed E-state index contributed by atoms with van der Waals surface area (Å²) in [5.74, 6) is 0. The lowest BCUT2D eigenvalue weighted by molar-refractivity contribution is 0.598. The van der Waals surface area contributed by atoms with E-state index in [1.165, 1.54) is 18.2 Å². The minimum atomic E-state index is -3.91. The summed E-state index contributed by atoms with van der Waals surface area (Å²) in [5.41, 5.74) is 4.96. The number of benzene rings is 3. The van der Waals surface area contributed by atoms with E-state index in [1.807, 2.05) is 39.8 Å². The van der Waals surface area contributed by atoms with Crippen LogP contribution in [0.4, 0.5) is 11.4 Å². The molecule has 0 bridgehead atoms. The predicted molar refractivity (Wildman–Crippen MR) is 125 cm³/mol. The number of hydrogen-bond acceptors (Lipinski definition) is 4. The number of rotatable bonds is 6. The van der Waals surface area contributed by atoms with Crippen LogP contribution in [-0.4, -0.2) is 16.8 Å². The Morgan fingerprint density at radius 1 is 0.516 bits per heavy atom. The number of aryl methyl sites for hydroxylation is 5. The maximum Gasteiger partial charge on any atom is 0.261 e. The Bertz CT molecular complexity index is 1360. The molecule has 0 heterocycles. The molecule has 0 saturated heterocycles. The van der Waals surface area contributed by atoms with E-state index in [-0.39, 0.29) is 15.5 Å². The molecule has 0 saturated carbocycles. The highest BCUT2D eigenvalue weighted by Gasteiger charge is 2.20. The molecule has 3 rings (SSSR count). The third-order valence-corrected chi connectivity index (χ3v) is 7.90. The molecule has 0 fully saturated rings. The molecule has 0 atom stereocenters. The van der Waals surface area contributed by atoms with E-state index >= 15 is 0 Å². The monoisotopic (exact) mass is 458 g/mol. The summed E-state index contributed by atoms with van der Waals surface area (Å²) in [6, 6.07) is 14.6. The fourth-order valence-electron chi connectivity index (χ4n) is 3.09. The van der Waals surface area contributed by atoms with Gasteiger partial charge in [-0.3, -0.25) is 9.44 Å². The molecular weight excluding hydrogens is 432 g/mol. The van der Waals surface area contributed by atoms with Crippen molar-refractivity contribution in [3.05, 3.63) is 82.4 Å². The number of nitrogens with one attached hydrogen (secondary N) is 2. The SMILES string of the molecule is Cc1ccc(NS(=O)(=O)c2ccc(C)c(NS(=O)(=O)c3ccc(C)c(C)c3)c2)c(C)c1. The summed E-state index contributed by atoms with van der Waals surface area (Å²) in [4.78, 5) is 0.0903. The Labute approximate surface area is 184 Å². The van der Waals surface area contributed by atoms with Gasteiger partial charge < -0.3 is 0 Å². The topological polar surface area (TPSA) is 92.3 Å². The van der Waals surface area contributed by atoms with Crippen molar-refractivity contribution >= 4 is 31.4 Å². The van der Waals surface area contributed by atoms with E-state index in [0.717, 1.165) is 22.3 Å². The maximum atomic E-state index is 12.9. The highest BCUT2D eigenvalue weighted by molar-refractivity contribution is 7.93. The minimum Gasteiger partial charge on any atom is -0.279 e. The van der Waals surface area contributed by atoms with Crippen LogP contribution in [0, 0.1) is 34.6 Å². The van der Waals surface area contributed by atoms with E-state index in [0.29, 0.717) is 11.3 Å². The molecular formula is C23H26N2O4S2. The second kappa shape index (κ2) is 8.36.